The van der Waals surface area contributed by atoms with Crippen molar-refractivity contribution in [3.63, 3.8) is 0 Å². The van der Waals surface area contributed by atoms with Crippen molar-refractivity contribution in [3.8, 4) is 0 Å². The molecule has 0 aromatic carbocycles. The van der Waals surface area contributed by atoms with Crippen LogP contribution in [0.4, 0.5) is 0 Å². The summed E-state index contributed by atoms with van der Waals surface area (Å²) in [6.07, 6.45) is 10.6. The first-order valence-corrected chi connectivity index (χ1v) is 14.4. The lowest BCUT2D eigenvalue weighted by Crippen LogP contribution is -2.55. The highest BCUT2D eigenvalue weighted by Gasteiger charge is 2.61. The van der Waals surface area contributed by atoms with Gasteiger partial charge in [0.1, 0.15) is 0 Å². The van der Waals surface area contributed by atoms with Crippen LogP contribution < -0.4 is 0 Å². The molecule has 0 heterocycles. The van der Waals surface area contributed by atoms with Gasteiger partial charge in [0.2, 0.25) is 0 Å². The highest BCUT2D eigenvalue weighted by molar-refractivity contribution is 7.80. The normalized spacial score (nSPS) is 43.7. The number of hydrogen-bond acceptors (Lipinski definition) is 5. The second-order valence-electron chi connectivity index (χ2n) is 12.6. The third-order valence-corrected chi connectivity index (χ3v) is 10.7. The fourth-order valence-electron chi connectivity index (χ4n) is 8.64. The van der Waals surface area contributed by atoms with Crippen molar-refractivity contribution in [2.75, 3.05) is 0 Å². The molecule has 3 saturated carbocycles. The Morgan fingerprint density at radius 3 is 2.56 bits per heavy atom. The monoisotopic (exact) mass is 496 g/mol. The Morgan fingerprint density at radius 2 is 1.91 bits per heavy atom. The molecule has 4 aliphatic carbocycles. The summed E-state index contributed by atoms with van der Waals surface area (Å²) in [6.45, 7) is 10.8. The summed E-state index contributed by atoms with van der Waals surface area (Å²) in [6, 6.07) is 0. The van der Waals surface area contributed by atoms with Gasteiger partial charge < -0.3 is 10.2 Å². The highest BCUT2D eigenvalue weighted by atomic mass is 32.3. The summed E-state index contributed by atoms with van der Waals surface area (Å²) in [5, 5.41) is 22.8. The van der Waals surface area contributed by atoms with Gasteiger partial charge in [-0.2, -0.15) is 8.42 Å². The van der Waals surface area contributed by atoms with Crippen LogP contribution >= 0.6 is 0 Å². The van der Waals surface area contributed by atoms with E-state index in [9.17, 15) is 18.6 Å². The average Bonchev–Trinajstić information content (AvgIpc) is 3.06. The Balaban J connectivity index is 1.57. The highest BCUT2D eigenvalue weighted by Crippen LogP contribution is 2.67. The molecule has 6 nitrogen and oxygen atoms in total. The van der Waals surface area contributed by atoms with Gasteiger partial charge in [-0.15, -0.1) is 0 Å². The van der Waals surface area contributed by atoms with E-state index in [2.05, 4.69) is 39.8 Å². The molecule has 34 heavy (non-hydrogen) atoms. The van der Waals surface area contributed by atoms with Crippen LogP contribution in [0.25, 0.3) is 0 Å². The van der Waals surface area contributed by atoms with E-state index in [4.69, 9.17) is 8.74 Å². The smallest absolute Gasteiger partial charge is 0.393 e. The molecule has 0 saturated heterocycles. The first-order valence-electron chi connectivity index (χ1n) is 13.1. The Morgan fingerprint density at radius 1 is 1.21 bits per heavy atom. The Labute approximate surface area is 205 Å². The minimum absolute atomic E-state index is 0.0108. The van der Waals surface area contributed by atoms with Crippen LogP contribution in [0.1, 0.15) is 92.4 Å². The van der Waals surface area contributed by atoms with E-state index >= 15 is 0 Å². The molecule has 0 spiro atoms. The summed E-state index contributed by atoms with van der Waals surface area (Å²) in [7, 11) is -4.50. The lowest BCUT2D eigenvalue weighted by molar-refractivity contribution is -0.0954. The Kier molecular flexibility index (Phi) is 6.96. The number of aliphatic hydroxyl groups is 2. The van der Waals surface area contributed by atoms with Crippen LogP contribution in [0.2, 0.25) is 0 Å². The van der Waals surface area contributed by atoms with Crippen molar-refractivity contribution in [2.45, 2.75) is 110 Å². The standard InChI is InChI=1S/C27H44O6S/c1-17(2)7-6-12-27(5,29)24-9-8-20-19-16-23(28)22-15-18(33-34(30,31)32)10-13-25(22,3)21(19)11-14-26(20,24)4/h7,11,18-20,22-24,28-29H,6,8-10,12-16H2,1-5H3,(H,30,31,32)/t18-,19+,20-,22+,23-,24-,25+,26-,27-/m0/s1. The van der Waals surface area contributed by atoms with Gasteiger partial charge in [-0.05, 0) is 113 Å². The van der Waals surface area contributed by atoms with Crippen molar-refractivity contribution in [1.29, 1.82) is 0 Å². The molecule has 0 aliphatic heterocycles. The summed E-state index contributed by atoms with van der Waals surface area (Å²) in [4.78, 5) is 0. The molecule has 0 bridgehead atoms. The van der Waals surface area contributed by atoms with Crippen molar-refractivity contribution in [2.24, 2.45) is 34.5 Å². The molecule has 9 atom stereocenters. The van der Waals surface area contributed by atoms with Crippen LogP contribution in [0.5, 0.6) is 0 Å². The molecular formula is C27H44O6S. The second-order valence-corrected chi connectivity index (χ2v) is 13.7. The van der Waals surface area contributed by atoms with Gasteiger partial charge in [-0.1, -0.05) is 37.1 Å². The minimum Gasteiger partial charge on any atom is -0.393 e. The van der Waals surface area contributed by atoms with Crippen LogP contribution in [0.15, 0.2) is 23.3 Å². The number of aliphatic hydroxyl groups excluding tert-OH is 1. The zero-order chi connectivity index (χ0) is 25.1. The lowest BCUT2D eigenvalue weighted by atomic mass is 9.47. The molecule has 0 aromatic rings. The number of hydrogen-bond donors (Lipinski definition) is 3. The topological polar surface area (TPSA) is 104 Å². The van der Waals surface area contributed by atoms with Crippen molar-refractivity contribution >= 4 is 10.4 Å². The Hall–Kier alpha value is -0.730. The zero-order valence-electron chi connectivity index (χ0n) is 21.5. The summed E-state index contributed by atoms with van der Waals surface area (Å²) < 4.78 is 36.6. The van der Waals surface area contributed by atoms with Crippen LogP contribution in [-0.4, -0.2) is 41.0 Å². The van der Waals surface area contributed by atoms with E-state index in [0.29, 0.717) is 31.1 Å². The third-order valence-electron chi connectivity index (χ3n) is 10.2. The van der Waals surface area contributed by atoms with E-state index in [-0.39, 0.29) is 22.7 Å². The van der Waals surface area contributed by atoms with Gasteiger partial charge in [0.05, 0.1) is 17.8 Å². The molecule has 0 amide bonds. The van der Waals surface area contributed by atoms with E-state index < -0.39 is 28.2 Å². The molecule has 0 unspecified atom stereocenters. The molecule has 4 aliphatic rings. The maximum Gasteiger partial charge on any atom is 0.397 e. The SMILES string of the molecule is CC(C)=CCC[C@](C)(O)[C@H]1CC[C@H]2[C@H]3C[C@H](O)[C@H]4C[C@@H](OS(=O)(=O)O)CC[C@]4(C)C3=CC[C@@]21C. The fourth-order valence-corrected chi connectivity index (χ4v) is 9.16. The predicted molar refractivity (Wildman–Crippen MR) is 132 cm³/mol. The average molecular weight is 497 g/mol. The largest absolute Gasteiger partial charge is 0.397 e. The van der Waals surface area contributed by atoms with E-state index in [0.717, 1.165) is 38.5 Å². The van der Waals surface area contributed by atoms with Gasteiger partial charge in [-0.3, -0.25) is 4.55 Å². The first-order chi connectivity index (χ1) is 15.7. The van der Waals surface area contributed by atoms with Crippen molar-refractivity contribution in [3.05, 3.63) is 23.3 Å². The Bertz CT molecular complexity index is 948. The predicted octanol–water partition coefficient (Wildman–Crippen LogP) is 5.22. The fraction of sp³-hybridized carbons (Fsp3) is 0.852. The zero-order valence-corrected chi connectivity index (χ0v) is 22.3. The summed E-state index contributed by atoms with van der Waals surface area (Å²) >= 11 is 0. The summed E-state index contributed by atoms with van der Waals surface area (Å²) in [5.41, 5.74) is 1.82. The second kappa shape index (κ2) is 8.98. The quantitative estimate of drug-likeness (QED) is 0.344. The van der Waals surface area contributed by atoms with Crippen LogP contribution in [-0.2, 0) is 14.6 Å². The van der Waals surface area contributed by atoms with Gasteiger partial charge >= 0.3 is 10.4 Å². The number of allylic oxidation sites excluding steroid dienone is 4. The van der Waals surface area contributed by atoms with Crippen molar-refractivity contribution in [1.82, 2.24) is 0 Å². The van der Waals surface area contributed by atoms with Gasteiger partial charge in [0.25, 0.3) is 0 Å². The number of fused-ring (bicyclic) bond motifs is 5. The van der Waals surface area contributed by atoms with Gasteiger partial charge in [-0.25, -0.2) is 4.18 Å². The maximum atomic E-state index is 11.6. The van der Waals surface area contributed by atoms with Gasteiger partial charge in [0, 0.05) is 0 Å². The lowest BCUT2D eigenvalue weighted by Gasteiger charge is -2.58. The molecule has 194 valence electrons. The first kappa shape index (κ1) is 26.3. The van der Waals surface area contributed by atoms with E-state index in [1.54, 1.807) is 0 Å². The molecule has 0 aromatic heterocycles. The van der Waals surface area contributed by atoms with E-state index in [1.165, 1.54) is 11.1 Å². The summed E-state index contributed by atoms with van der Waals surface area (Å²) in [5.74, 6) is 0.887. The maximum absolute atomic E-state index is 11.6. The number of rotatable bonds is 6. The molecule has 3 fully saturated rings. The van der Waals surface area contributed by atoms with Crippen molar-refractivity contribution < 1.29 is 27.4 Å². The molecule has 3 N–H and O–H groups in total. The minimum atomic E-state index is -4.50. The molecule has 7 heteroatoms. The molecule has 0 radical (unpaired) electrons. The third kappa shape index (κ3) is 4.68. The van der Waals surface area contributed by atoms with Gasteiger partial charge in [0.15, 0.2) is 0 Å². The van der Waals surface area contributed by atoms with Crippen LogP contribution in [0, 0.1) is 34.5 Å². The van der Waals surface area contributed by atoms with Crippen LogP contribution in [0.3, 0.4) is 0 Å². The molecular weight excluding hydrogens is 452 g/mol. The van der Waals surface area contributed by atoms with E-state index in [1.807, 2.05) is 6.92 Å². The molecule has 4 rings (SSSR count).